The van der Waals surface area contributed by atoms with Crippen molar-refractivity contribution in [2.45, 2.75) is 11.8 Å². The van der Waals surface area contributed by atoms with E-state index in [2.05, 4.69) is 10.0 Å². The summed E-state index contributed by atoms with van der Waals surface area (Å²) in [6, 6.07) is 9.91. The molecule has 0 aromatic heterocycles. The van der Waals surface area contributed by atoms with Gasteiger partial charge in [-0.25, -0.2) is 12.8 Å². The normalized spacial score (nSPS) is 11.1. The number of amides is 1. The quantitative estimate of drug-likeness (QED) is 0.837. The van der Waals surface area contributed by atoms with Crippen molar-refractivity contribution in [3.05, 3.63) is 53.8 Å². The van der Waals surface area contributed by atoms with Crippen LogP contribution in [0.3, 0.4) is 0 Å². The van der Waals surface area contributed by atoms with E-state index in [0.717, 1.165) is 6.07 Å². The number of methoxy groups -OCH3 is 1. The number of benzene rings is 2. The molecule has 6 nitrogen and oxygen atoms in total. The van der Waals surface area contributed by atoms with Crippen LogP contribution in [0.4, 0.5) is 15.8 Å². The standard InChI is InChI=1S/C16H17FN2O4S/c1-11-7-8-12(18-16(20)10-23-2)9-15(11)24(21,22)19-14-6-4-3-5-13(14)17/h3-9,19H,10H2,1-2H3,(H,18,20). The summed E-state index contributed by atoms with van der Waals surface area (Å²) in [6.07, 6.45) is 0. The number of carbonyl (C=O) groups excluding carboxylic acids is 1. The van der Waals surface area contributed by atoms with Gasteiger partial charge in [0.1, 0.15) is 12.4 Å². The Bertz CT molecular complexity index is 853. The Morgan fingerprint density at radius 2 is 1.92 bits per heavy atom. The Balaban J connectivity index is 2.32. The van der Waals surface area contributed by atoms with Gasteiger partial charge in [-0.05, 0) is 36.8 Å². The van der Waals surface area contributed by atoms with Gasteiger partial charge < -0.3 is 10.1 Å². The number of halogens is 1. The van der Waals surface area contributed by atoms with Gasteiger partial charge in [0.15, 0.2) is 0 Å². The highest BCUT2D eigenvalue weighted by Crippen LogP contribution is 2.24. The zero-order valence-corrected chi connectivity index (χ0v) is 14.0. The zero-order chi connectivity index (χ0) is 17.7. The van der Waals surface area contributed by atoms with Crippen molar-refractivity contribution in [3.8, 4) is 0 Å². The SMILES string of the molecule is COCC(=O)Nc1ccc(C)c(S(=O)(=O)Nc2ccccc2F)c1. The van der Waals surface area contributed by atoms with Gasteiger partial charge in [0, 0.05) is 12.8 Å². The number of anilines is 2. The van der Waals surface area contributed by atoms with Crippen molar-refractivity contribution in [1.29, 1.82) is 0 Å². The first-order valence-electron chi connectivity index (χ1n) is 7.00. The van der Waals surface area contributed by atoms with Crippen LogP contribution in [0.1, 0.15) is 5.56 Å². The van der Waals surface area contributed by atoms with E-state index in [0.29, 0.717) is 11.3 Å². The number of nitrogens with one attached hydrogen (secondary N) is 2. The van der Waals surface area contributed by atoms with Crippen LogP contribution in [0.2, 0.25) is 0 Å². The molecule has 128 valence electrons. The maximum atomic E-state index is 13.7. The minimum Gasteiger partial charge on any atom is -0.375 e. The van der Waals surface area contributed by atoms with Crippen LogP contribution in [-0.2, 0) is 19.6 Å². The average Bonchev–Trinajstić information content (AvgIpc) is 2.51. The number of rotatable bonds is 6. The fourth-order valence-electron chi connectivity index (χ4n) is 2.04. The number of sulfonamides is 1. The molecule has 0 aliphatic carbocycles. The molecule has 24 heavy (non-hydrogen) atoms. The number of ether oxygens (including phenoxy) is 1. The molecular weight excluding hydrogens is 335 g/mol. The number of hydrogen-bond donors (Lipinski definition) is 2. The van der Waals surface area contributed by atoms with Crippen molar-refractivity contribution in [3.63, 3.8) is 0 Å². The second-order valence-electron chi connectivity index (χ2n) is 5.05. The van der Waals surface area contributed by atoms with Crippen LogP contribution in [-0.4, -0.2) is 28.0 Å². The Morgan fingerprint density at radius 1 is 1.21 bits per heavy atom. The van der Waals surface area contributed by atoms with E-state index >= 15 is 0 Å². The molecule has 0 radical (unpaired) electrons. The Morgan fingerprint density at radius 3 is 2.58 bits per heavy atom. The van der Waals surface area contributed by atoms with E-state index in [4.69, 9.17) is 4.74 Å². The highest BCUT2D eigenvalue weighted by molar-refractivity contribution is 7.92. The first-order chi connectivity index (χ1) is 11.3. The van der Waals surface area contributed by atoms with Crippen LogP contribution in [0.5, 0.6) is 0 Å². The Hall–Kier alpha value is -2.45. The summed E-state index contributed by atoms with van der Waals surface area (Å²) in [7, 11) is -2.63. The van der Waals surface area contributed by atoms with E-state index in [1.807, 2.05) is 0 Å². The zero-order valence-electron chi connectivity index (χ0n) is 13.2. The molecule has 0 heterocycles. The fraction of sp³-hybridized carbons (Fsp3) is 0.188. The number of aryl methyl sites for hydroxylation is 1. The second kappa shape index (κ2) is 7.41. The molecule has 8 heteroatoms. The minimum absolute atomic E-state index is 0.0547. The third-order valence-corrected chi connectivity index (χ3v) is 4.66. The predicted octanol–water partition coefficient (Wildman–Crippen LogP) is 2.52. The predicted molar refractivity (Wildman–Crippen MR) is 88.9 cm³/mol. The van der Waals surface area contributed by atoms with E-state index in [-0.39, 0.29) is 17.2 Å². The molecule has 0 aliphatic rings. The van der Waals surface area contributed by atoms with E-state index in [1.54, 1.807) is 19.1 Å². The van der Waals surface area contributed by atoms with Gasteiger partial charge in [0.2, 0.25) is 5.91 Å². The number of carbonyl (C=O) groups is 1. The highest BCUT2D eigenvalue weighted by atomic mass is 32.2. The van der Waals surface area contributed by atoms with Gasteiger partial charge in [-0.3, -0.25) is 9.52 Å². The largest absolute Gasteiger partial charge is 0.375 e. The maximum absolute atomic E-state index is 13.7. The van der Waals surface area contributed by atoms with Crippen LogP contribution < -0.4 is 10.0 Å². The summed E-state index contributed by atoms with van der Waals surface area (Å²) in [6.45, 7) is 1.46. The first kappa shape index (κ1) is 17.9. The van der Waals surface area contributed by atoms with Crippen molar-refractivity contribution in [2.75, 3.05) is 23.8 Å². The molecule has 0 spiro atoms. The molecule has 2 aromatic rings. The maximum Gasteiger partial charge on any atom is 0.262 e. The van der Waals surface area contributed by atoms with Crippen LogP contribution >= 0.6 is 0 Å². The van der Waals surface area contributed by atoms with Crippen LogP contribution in [0.25, 0.3) is 0 Å². The van der Waals surface area contributed by atoms with Gasteiger partial charge in [-0.2, -0.15) is 0 Å². The second-order valence-corrected chi connectivity index (χ2v) is 6.70. The summed E-state index contributed by atoms with van der Waals surface area (Å²) in [5.74, 6) is -1.09. The first-order valence-corrected chi connectivity index (χ1v) is 8.48. The smallest absolute Gasteiger partial charge is 0.262 e. The molecule has 0 atom stereocenters. The molecule has 0 fully saturated rings. The summed E-state index contributed by atoms with van der Waals surface area (Å²) >= 11 is 0. The molecule has 2 N–H and O–H groups in total. The molecule has 2 aromatic carbocycles. The molecule has 0 saturated heterocycles. The molecule has 0 bridgehead atoms. The Labute approximate surface area is 139 Å². The van der Waals surface area contributed by atoms with Crippen molar-refractivity contribution >= 4 is 27.3 Å². The lowest BCUT2D eigenvalue weighted by Gasteiger charge is -2.13. The van der Waals surface area contributed by atoms with Crippen LogP contribution in [0.15, 0.2) is 47.4 Å². The third-order valence-electron chi connectivity index (χ3n) is 3.16. The molecule has 1 amide bonds. The number of hydrogen-bond acceptors (Lipinski definition) is 4. The lowest BCUT2D eigenvalue weighted by molar-refractivity contribution is -0.119. The Kier molecular flexibility index (Phi) is 5.53. The van der Waals surface area contributed by atoms with Gasteiger partial charge in [0.25, 0.3) is 10.0 Å². The topological polar surface area (TPSA) is 84.5 Å². The van der Waals surface area contributed by atoms with E-state index < -0.39 is 21.7 Å². The van der Waals surface area contributed by atoms with Crippen molar-refractivity contribution < 1.29 is 22.3 Å². The molecular formula is C16H17FN2O4S. The van der Waals surface area contributed by atoms with E-state index in [9.17, 15) is 17.6 Å². The summed E-state index contributed by atoms with van der Waals surface area (Å²) < 4.78 is 45.6. The van der Waals surface area contributed by atoms with E-state index in [1.165, 1.54) is 31.4 Å². The van der Waals surface area contributed by atoms with Crippen molar-refractivity contribution in [2.24, 2.45) is 0 Å². The fourth-order valence-corrected chi connectivity index (χ4v) is 3.38. The van der Waals surface area contributed by atoms with Gasteiger partial charge in [-0.15, -0.1) is 0 Å². The molecule has 0 aliphatic heterocycles. The minimum atomic E-state index is -4.01. The third kappa shape index (κ3) is 4.30. The highest BCUT2D eigenvalue weighted by Gasteiger charge is 2.19. The van der Waals surface area contributed by atoms with Crippen molar-refractivity contribution in [1.82, 2.24) is 0 Å². The molecule has 2 rings (SSSR count). The lowest BCUT2D eigenvalue weighted by atomic mass is 10.2. The lowest BCUT2D eigenvalue weighted by Crippen LogP contribution is -2.19. The number of para-hydroxylation sites is 1. The monoisotopic (exact) mass is 352 g/mol. The van der Waals surface area contributed by atoms with Crippen LogP contribution in [0, 0.1) is 12.7 Å². The van der Waals surface area contributed by atoms with Gasteiger partial charge in [0.05, 0.1) is 10.6 Å². The average molecular weight is 352 g/mol. The van der Waals surface area contributed by atoms with Gasteiger partial charge >= 0.3 is 0 Å². The summed E-state index contributed by atoms with van der Waals surface area (Å²) in [5.41, 5.74) is 0.617. The summed E-state index contributed by atoms with van der Waals surface area (Å²) in [5, 5.41) is 2.53. The molecule has 0 unspecified atom stereocenters. The molecule has 0 saturated carbocycles. The summed E-state index contributed by atoms with van der Waals surface area (Å²) in [4.78, 5) is 11.5. The van der Waals surface area contributed by atoms with Gasteiger partial charge in [-0.1, -0.05) is 18.2 Å².